The SMILES string of the molecule is CC(C)Cn1ncc(C(=O)Nc2cccc(C(=O)O)c2)c1C1CC1. The van der Waals surface area contributed by atoms with Crippen molar-refractivity contribution in [3.63, 3.8) is 0 Å². The Morgan fingerprint density at radius 1 is 1.38 bits per heavy atom. The van der Waals surface area contributed by atoms with Gasteiger partial charge in [0.05, 0.1) is 23.0 Å². The van der Waals surface area contributed by atoms with Crippen molar-refractivity contribution in [2.24, 2.45) is 5.92 Å². The largest absolute Gasteiger partial charge is 0.478 e. The molecule has 0 saturated heterocycles. The van der Waals surface area contributed by atoms with Gasteiger partial charge in [0.1, 0.15) is 0 Å². The van der Waals surface area contributed by atoms with Crippen molar-refractivity contribution in [1.29, 1.82) is 0 Å². The highest BCUT2D eigenvalue weighted by molar-refractivity contribution is 6.05. The van der Waals surface area contributed by atoms with Crippen molar-refractivity contribution in [2.45, 2.75) is 39.2 Å². The molecule has 1 aromatic heterocycles. The van der Waals surface area contributed by atoms with Crippen molar-refractivity contribution >= 4 is 17.6 Å². The number of anilines is 1. The summed E-state index contributed by atoms with van der Waals surface area (Å²) >= 11 is 0. The molecule has 1 aromatic carbocycles. The highest BCUT2D eigenvalue weighted by Crippen LogP contribution is 2.42. The molecule has 0 bridgehead atoms. The Balaban J connectivity index is 1.84. The predicted molar refractivity (Wildman–Crippen MR) is 90.4 cm³/mol. The molecule has 1 saturated carbocycles. The van der Waals surface area contributed by atoms with E-state index in [1.807, 2.05) is 4.68 Å². The monoisotopic (exact) mass is 327 g/mol. The predicted octanol–water partition coefficient (Wildman–Crippen LogP) is 3.37. The lowest BCUT2D eigenvalue weighted by Gasteiger charge is -2.11. The number of aromatic nitrogens is 2. The summed E-state index contributed by atoms with van der Waals surface area (Å²) in [5, 5.41) is 16.2. The van der Waals surface area contributed by atoms with Crippen LogP contribution in [-0.4, -0.2) is 26.8 Å². The molecule has 0 radical (unpaired) electrons. The standard InChI is InChI=1S/C18H21N3O3/c1-11(2)10-21-16(12-6-7-12)15(9-19-21)17(22)20-14-5-3-4-13(8-14)18(23)24/h3-5,8-9,11-12H,6-7,10H2,1-2H3,(H,20,22)(H,23,24). The summed E-state index contributed by atoms with van der Waals surface area (Å²) in [4.78, 5) is 23.7. The molecule has 24 heavy (non-hydrogen) atoms. The fourth-order valence-electron chi connectivity index (χ4n) is 2.78. The maximum atomic E-state index is 12.6. The molecule has 3 rings (SSSR count). The Morgan fingerprint density at radius 3 is 2.75 bits per heavy atom. The number of benzene rings is 1. The number of carboxylic acid groups (broad SMARTS) is 1. The van der Waals surface area contributed by atoms with Crippen LogP contribution in [0, 0.1) is 5.92 Å². The van der Waals surface area contributed by atoms with Gasteiger partial charge in [-0.05, 0) is 37.0 Å². The second kappa shape index (κ2) is 6.47. The number of carbonyl (C=O) groups is 2. The van der Waals surface area contributed by atoms with Crippen molar-refractivity contribution in [2.75, 3.05) is 5.32 Å². The molecule has 6 nitrogen and oxygen atoms in total. The van der Waals surface area contributed by atoms with E-state index in [0.717, 1.165) is 25.1 Å². The Morgan fingerprint density at radius 2 is 2.12 bits per heavy atom. The van der Waals surface area contributed by atoms with E-state index in [2.05, 4.69) is 24.3 Å². The third-order valence-electron chi connectivity index (χ3n) is 3.99. The molecule has 1 fully saturated rings. The summed E-state index contributed by atoms with van der Waals surface area (Å²) in [7, 11) is 0. The fourth-order valence-corrected chi connectivity index (χ4v) is 2.78. The van der Waals surface area contributed by atoms with Gasteiger partial charge in [0.2, 0.25) is 0 Å². The van der Waals surface area contributed by atoms with Gasteiger partial charge in [0, 0.05) is 18.2 Å². The zero-order valence-electron chi connectivity index (χ0n) is 13.8. The van der Waals surface area contributed by atoms with E-state index < -0.39 is 5.97 Å². The molecule has 1 aliphatic rings. The second-order valence-corrected chi connectivity index (χ2v) is 6.63. The number of hydrogen-bond donors (Lipinski definition) is 2. The number of amides is 1. The molecule has 1 amide bonds. The Labute approximate surface area is 140 Å². The van der Waals surface area contributed by atoms with Gasteiger partial charge in [-0.2, -0.15) is 5.10 Å². The molecule has 126 valence electrons. The van der Waals surface area contributed by atoms with Gasteiger partial charge >= 0.3 is 5.97 Å². The number of hydrogen-bond acceptors (Lipinski definition) is 3. The lowest BCUT2D eigenvalue weighted by Crippen LogP contribution is -2.16. The Kier molecular flexibility index (Phi) is 4.38. The number of carbonyl (C=O) groups excluding carboxylic acids is 1. The quantitative estimate of drug-likeness (QED) is 0.852. The highest BCUT2D eigenvalue weighted by atomic mass is 16.4. The lowest BCUT2D eigenvalue weighted by molar-refractivity contribution is 0.0696. The molecule has 1 heterocycles. The Bertz CT molecular complexity index is 776. The number of aromatic carboxylic acids is 1. The third-order valence-corrected chi connectivity index (χ3v) is 3.99. The van der Waals surface area contributed by atoms with Crippen LogP contribution in [0.5, 0.6) is 0 Å². The van der Waals surface area contributed by atoms with Crippen LogP contribution in [0.2, 0.25) is 0 Å². The maximum Gasteiger partial charge on any atom is 0.335 e. The first kappa shape index (κ1) is 16.2. The molecule has 2 aromatic rings. The molecule has 2 N–H and O–H groups in total. The van der Waals surface area contributed by atoms with Crippen LogP contribution < -0.4 is 5.32 Å². The summed E-state index contributed by atoms with van der Waals surface area (Å²) in [6.07, 6.45) is 3.78. The third kappa shape index (κ3) is 3.48. The smallest absolute Gasteiger partial charge is 0.335 e. The minimum absolute atomic E-state index is 0.144. The number of nitrogens with one attached hydrogen (secondary N) is 1. The first-order chi connectivity index (χ1) is 11.5. The molecule has 1 aliphatic carbocycles. The van der Waals surface area contributed by atoms with Crippen LogP contribution in [0.1, 0.15) is 59.0 Å². The van der Waals surface area contributed by atoms with Crippen molar-refractivity contribution in [1.82, 2.24) is 9.78 Å². The van der Waals surface area contributed by atoms with Gasteiger partial charge in [-0.1, -0.05) is 19.9 Å². The molecule has 0 spiro atoms. The Hall–Kier alpha value is -2.63. The van der Waals surface area contributed by atoms with Gasteiger partial charge in [-0.15, -0.1) is 0 Å². The van der Waals surface area contributed by atoms with E-state index in [1.54, 1.807) is 18.3 Å². The van der Waals surface area contributed by atoms with Gasteiger partial charge in [0.15, 0.2) is 0 Å². The summed E-state index contributed by atoms with van der Waals surface area (Å²) < 4.78 is 1.94. The number of nitrogens with zero attached hydrogens (tertiary/aromatic N) is 2. The summed E-state index contributed by atoms with van der Waals surface area (Å²) in [6, 6.07) is 6.24. The van der Waals surface area contributed by atoms with Gasteiger partial charge < -0.3 is 10.4 Å². The van der Waals surface area contributed by atoms with Gasteiger partial charge in [0.25, 0.3) is 5.91 Å². The van der Waals surface area contributed by atoms with E-state index in [1.165, 1.54) is 12.1 Å². The minimum atomic E-state index is -1.02. The van der Waals surface area contributed by atoms with E-state index >= 15 is 0 Å². The first-order valence-electron chi connectivity index (χ1n) is 8.16. The van der Waals surface area contributed by atoms with Crippen molar-refractivity contribution < 1.29 is 14.7 Å². The molecule has 0 unspecified atom stereocenters. The second-order valence-electron chi connectivity index (χ2n) is 6.63. The summed E-state index contributed by atoms with van der Waals surface area (Å²) in [6.45, 7) is 5.03. The van der Waals surface area contributed by atoms with E-state index in [-0.39, 0.29) is 11.5 Å². The van der Waals surface area contributed by atoms with Crippen molar-refractivity contribution in [3.8, 4) is 0 Å². The zero-order chi connectivity index (χ0) is 17.3. The molecule has 0 aliphatic heterocycles. The van der Waals surface area contributed by atoms with Crippen LogP contribution in [-0.2, 0) is 6.54 Å². The zero-order valence-corrected chi connectivity index (χ0v) is 13.8. The van der Waals surface area contributed by atoms with Crippen LogP contribution >= 0.6 is 0 Å². The summed E-state index contributed by atoms with van der Waals surface area (Å²) in [5.41, 5.74) is 2.19. The number of rotatable bonds is 6. The van der Waals surface area contributed by atoms with Crippen LogP contribution in [0.4, 0.5) is 5.69 Å². The lowest BCUT2D eigenvalue weighted by atomic mass is 10.1. The normalized spacial score (nSPS) is 14.0. The van der Waals surface area contributed by atoms with E-state index in [0.29, 0.717) is 23.1 Å². The molecule has 6 heteroatoms. The number of carboxylic acids is 1. The van der Waals surface area contributed by atoms with Crippen molar-refractivity contribution in [3.05, 3.63) is 47.3 Å². The van der Waals surface area contributed by atoms with Crippen LogP contribution in [0.3, 0.4) is 0 Å². The minimum Gasteiger partial charge on any atom is -0.478 e. The van der Waals surface area contributed by atoms with Gasteiger partial charge in [-0.3, -0.25) is 9.48 Å². The fraction of sp³-hybridized carbons (Fsp3) is 0.389. The molecular formula is C18H21N3O3. The summed E-state index contributed by atoms with van der Waals surface area (Å²) in [5.74, 6) is -0.410. The first-order valence-corrected chi connectivity index (χ1v) is 8.16. The average Bonchev–Trinajstić information content (AvgIpc) is 3.28. The van der Waals surface area contributed by atoms with Crippen LogP contribution in [0.25, 0.3) is 0 Å². The maximum absolute atomic E-state index is 12.6. The van der Waals surface area contributed by atoms with E-state index in [4.69, 9.17) is 5.11 Å². The van der Waals surface area contributed by atoms with Crippen LogP contribution in [0.15, 0.2) is 30.5 Å². The highest BCUT2D eigenvalue weighted by Gasteiger charge is 2.32. The van der Waals surface area contributed by atoms with Gasteiger partial charge in [-0.25, -0.2) is 4.79 Å². The average molecular weight is 327 g/mol. The topological polar surface area (TPSA) is 84.2 Å². The molecular weight excluding hydrogens is 306 g/mol. The molecule has 0 atom stereocenters. The van der Waals surface area contributed by atoms with E-state index in [9.17, 15) is 9.59 Å².